The van der Waals surface area contributed by atoms with E-state index in [9.17, 15) is 5.11 Å². The van der Waals surface area contributed by atoms with E-state index in [4.69, 9.17) is 4.74 Å². The highest BCUT2D eigenvalue weighted by molar-refractivity contribution is 5.13. The van der Waals surface area contributed by atoms with Crippen LogP contribution >= 0.6 is 0 Å². The fourth-order valence-electron chi connectivity index (χ4n) is 2.78. The molecule has 3 rings (SSSR count). The molecule has 2 aliphatic heterocycles. The standard InChI is InChI=1S/C12H18N2O2/c15-7-9-1-3-14-11(5-9)6-13-12(14)10-2-4-16-8-10/h6,9-10,15H,1-5,7-8H2. The normalized spacial score (nSPS) is 29.3. The van der Waals surface area contributed by atoms with Crippen molar-refractivity contribution in [1.29, 1.82) is 0 Å². The lowest BCUT2D eigenvalue weighted by Crippen LogP contribution is -2.23. The van der Waals surface area contributed by atoms with E-state index < -0.39 is 0 Å². The van der Waals surface area contributed by atoms with Crippen molar-refractivity contribution in [3.05, 3.63) is 17.7 Å². The maximum atomic E-state index is 9.19. The molecule has 4 heteroatoms. The molecule has 0 spiro atoms. The van der Waals surface area contributed by atoms with E-state index in [0.717, 1.165) is 39.0 Å². The first-order valence-corrected chi connectivity index (χ1v) is 6.11. The molecule has 1 fully saturated rings. The number of rotatable bonds is 2. The molecule has 3 heterocycles. The van der Waals surface area contributed by atoms with Crippen LogP contribution in [-0.4, -0.2) is 34.5 Å². The summed E-state index contributed by atoms with van der Waals surface area (Å²) in [5, 5.41) is 9.19. The third-order valence-electron chi connectivity index (χ3n) is 3.78. The van der Waals surface area contributed by atoms with Crippen molar-refractivity contribution >= 4 is 0 Å². The average Bonchev–Trinajstić information content (AvgIpc) is 2.96. The number of hydrogen-bond donors (Lipinski definition) is 1. The maximum Gasteiger partial charge on any atom is 0.114 e. The first-order chi connectivity index (χ1) is 7.88. The Bertz CT molecular complexity index is 369. The van der Waals surface area contributed by atoms with Crippen molar-refractivity contribution in [3.63, 3.8) is 0 Å². The fourth-order valence-corrected chi connectivity index (χ4v) is 2.78. The Kier molecular flexibility index (Phi) is 2.69. The third kappa shape index (κ3) is 1.66. The molecule has 0 radical (unpaired) electrons. The Morgan fingerprint density at radius 2 is 2.44 bits per heavy atom. The Balaban J connectivity index is 1.84. The summed E-state index contributed by atoms with van der Waals surface area (Å²) >= 11 is 0. The van der Waals surface area contributed by atoms with Crippen molar-refractivity contribution in [1.82, 2.24) is 9.55 Å². The van der Waals surface area contributed by atoms with Crippen LogP contribution < -0.4 is 0 Å². The highest BCUT2D eigenvalue weighted by Gasteiger charge is 2.27. The summed E-state index contributed by atoms with van der Waals surface area (Å²) in [5.74, 6) is 2.11. The molecule has 4 nitrogen and oxygen atoms in total. The number of aromatic nitrogens is 2. The quantitative estimate of drug-likeness (QED) is 0.810. The Morgan fingerprint density at radius 3 is 3.19 bits per heavy atom. The van der Waals surface area contributed by atoms with E-state index >= 15 is 0 Å². The van der Waals surface area contributed by atoms with Crippen molar-refractivity contribution in [2.75, 3.05) is 19.8 Å². The lowest BCUT2D eigenvalue weighted by atomic mass is 9.97. The van der Waals surface area contributed by atoms with E-state index in [1.54, 1.807) is 0 Å². The molecule has 2 aliphatic rings. The number of aliphatic hydroxyl groups excluding tert-OH is 1. The monoisotopic (exact) mass is 222 g/mol. The lowest BCUT2D eigenvalue weighted by Gasteiger charge is -2.24. The molecule has 0 aliphatic carbocycles. The number of fused-ring (bicyclic) bond motifs is 1. The van der Waals surface area contributed by atoms with Gasteiger partial charge in [0.2, 0.25) is 0 Å². The molecule has 0 bridgehead atoms. The van der Waals surface area contributed by atoms with Crippen LogP contribution in [0.3, 0.4) is 0 Å². The molecule has 0 amide bonds. The zero-order valence-electron chi connectivity index (χ0n) is 9.43. The van der Waals surface area contributed by atoms with Gasteiger partial charge >= 0.3 is 0 Å². The molecular weight excluding hydrogens is 204 g/mol. The van der Waals surface area contributed by atoms with Gasteiger partial charge in [0, 0.05) is 37.6 Å². The van der Waals surface area contributed by atoms with E-state index in [-0.39, 0.29) is 0 Å². The Labute approximate surface area is 95.3 Å². The zero-order valence-corrected chi connectivity index (χ0v) is 9.43. The van der Waals surface area contributed by atoms with Crippen molar-refractivity contribution in [2.24, 2.45) is 5.92 Å². The van der Waals surface area contributed by atoms with Gasteiger partial charge in [0.1, 0.15) is 5.82 Å². The molecular formula is C12H18N2O2. The number of ether oxygens (including phenoxy) is 1. The highest BCUT2D eigenvalue weighted by atomic mass is 16.5. The van der Waals surface area contributed by atoms with Gasteiger partial charge < -0.3 is 14.4 Å². The molecule has 16 heavy (non-hydrogen) atoms. The first-order valence-electron chi connectivity index (χ1n) is 6.11. The summed E-state index contributed by atoms with van der Waals surface area (Å²) in [6, 6.07) is 0. The summed E-state index contributed by atoms with van der Waals surface area (Å²) < 4.78 is 7.76. The fraction of sp³-hybridized carbons (Fsp3) is 0.750. The second-order valence-electron chi connectivity index (χ2n) is 4.86. The number of aliphatic hydroxyl groups is 1. The van der Waals surface area contributed by atoms with Crippen LogP contribution in [-0.2, 0) is 17.7 Å². The largest absolute Gasteiger partial charge is 0.396 e. The van der Waals surface area contributed by atoms with Crippen LogP contribution in [0.1, 0.15) is 30.3 Å². The second-order valence-corrected chi connectivity index (χ2v) is 4.86. The molecule has 2 unspecified atom stereocenters. The Morgan fingerprint density at radius 1 is 1.50 bits per heavy atom. The second kappa shape index (κ2) is 4.18. The van der Waals surface area contributed by atoms with Crippen LogP contribution in [0.4, 0.5) is 0 Å². The number of hydrogen-bond acceptors (Lipinski definition) is 3. The average molecular weight is 222 g/mol. The molecule has 1 aromatic rings. The van der Waals surface area contributed by atoms with Gasteiger partial charge in [-0.15, -0.1) is 0 Å². The van der Waals surface area contributed by atoms with Gasteiger partial charge in [-0.05, 0) is 25.2 Å². The van der Waals surface area contributed by atoms with Crippen LogP contribution in [0.2, 0.25) is 0 Å². The summed E-state index contributed by atoms with van der Waals surface area (Å²) in [7, 11) is 0. The molecule has 0 saturated carbocycles. The Hall–Kier alpha value is -0.870. The smallest absolute Gasteiger partial charge is 0.114 e. The number of imidazole rings is 1. The van der Waals surface area contributed by atoms with Crippen LogP contribution in [0.15, 0.2) is 6.20 Å². The molecule has 1 saturated heterocycles. The minimum atomic E-state index is 0.299. The third-order valence-corrected chi connectivity index (χ3v) is 3.78. The molecule has 1 aromatic heterocycles. The summed E-state index contributed by atoms with van der Waals surface area (Å²) in [6.45, 7) is 2.99. The number of nitrogens with zero attached hydrogens (tertiary/aromatic N) is 2. The predicted molar refractivity (Wildman–Crippen MR) is 59.3 cm³/mol. The minimum Gasteiger partial charge on any atom is -0.396 e. The molecule has 1 N–H and O–H groups in total. The molecule has 2 atom stereocenters. The SMILES string of the molecule is OCC1CCn2c(cnc2C2CCOC2)C1. The topological polar surface area (TPSA) is 47.3 Å². The van der Waals surface area contributed by atoms with E-state index in [1.165, 1.54) is 11.5 Å². The van der Waals surface area contributed by atoms with Gasteiger partial charge in [0.05, 0.1) is 6.61 Å². The van der Waals surface area contributed by atoms with Crippen LogP contribution in [0.5, 0.6) is 0 Å². The predicted octanol–water partition coefficient (Wildman–Crippen LogP) is 0.942. The van der Waals surface area contributed by atoms with Gasteiger partial charge in [-0.25, -0.2) is 4.98 Å². The summed E-state index contributed by atoms with van der Waals surface area (Å²) in [6.07, 6.45) is 5.12. The highest BCUT2D eigenvalue weighted by Crippen LogP contribution is 2.29. The van der Waals surface area contributed by atoms with Gasteiger partial charge in [0.15, 0.2) is 0 Å². The molecule has 88 valence electrons. The minimum absolute atomic E-state index is 0.299. The summed E-state index contributed by atoms with van der Waals surface area (Å²) in [4.78, 5) is 4.55. The molecule has 0 aromatic carbocycles. The van der Waals surface area contributed by atoms with E-state index in [2.05, 4.69) is 9.55 Å². The van der Waals surface area contributed by atoms with Crippen LogP contribution in [0, 0.1) is 5.92 Å². The lowest BCUT2D eigenvalue weighted by molar-refractivity contribution is 0.189. The summed E-state index contributed by atoms with van der Waals surface area (Å²) in [5.41, 5.74) is 1.28. The van der Waals surface area contributed by atoms with Gasteiger partial charge in [-0.2, -0.15) is 0 Å². The van der Waals surface area contributed by atoms with Crippen molar-refractivity contribution in [3.8, 4) is 0 Å². The van der Waals surface area contributed by atoms with Crippen molar-refractivity contribution < 1.29 is 9.84 Å². The van der Waals surface area contributed by atoms with Gasteiger partial charge in [-0.1, -0.05) is 0 Å². The zero-order chi connectivity index (χ0) is 11.0. The van der Waals surface area contributed by atoms with Gasteiger partial charge in [0.25, 0.3) is 0 Å². The van der Waals surface area contributed by atoms with E-state index in [0.29, 0.717) is 18.4 Å². The van der Waals surface area contributed by atoms with Gasteiger partial charge in [-0.3, -0.25) is 0 Å². The van der Waals surface area contributed by atoms with Crippen molar-refractivity contribution in [2.45, 2.75) is 31.7 Å². The first kappa shape index (κ1) is 10.3. The van der Waals surface area contributed by atoms with Crippen LogP contribution in [0.25, 0.3) is 0 Å². The maximum absolute atomic E-state index is 9.19. The van der Waals surface area contributed by atoms with E-state index in [1.807, 2.05) is 6.20 Å².